The summed E-state index contributed by atoms with van der Waals surface area (Å²) in [5.41, 5.74) is -0.0150. The molecule has 0 bridgehead atoms. The minimum atomic E-state index is -4.41. The number of aryl methyl sites for hydroxylation is 1. The van der Waals surface area contributed by atoms with Crippen LogP contribution < -0.4 is 5.56 Å². The predicted molar refractivity (Wildman–Crippen MR) is 87.9 cm³/mol. The molecule has 0 saturated heterocycles. The monoisotopic (exact) mass is 364 g/mol. The normalized spacial score (nSPS) is 13.1. The van der Waals surface area contributed by atoms with E-state index in [4.69, 9.17) is 0 Å². The van der Waals surface area contributed by atoms with Crippen LogP contribution in [-0.4, -0.2) is 26.0 Å². The first-order valence-corrected chi connectivity index (χ1v) is 7.81. The smallest absolute Gasteiger partial charge is 0.310 e. The lowest BCUT2D eigenvalue weighted by Crippen LogP contribution is -2.13. The van der Waals surface area contributed by atoms with E-state index in [0.717, 1.165) is 12.1 Å². The number of benzene rings is 1. The average molecular weight is 364 g/mol. The number of aromatic nitrogens is 4. The van der Waals surface area contributed by atoms with Crippen LogP contribution in [0.2, 0.25) is 0 Å². The summed E-state index contributed by atoms with van der Waals surface area (Å²) in [5.74, 6) is 0.376. The van der Waals surface area contributed by atoms with Gasteiger partial charge in [-0.3, -0.25) is 4.79 Å². The maximum absolute atomic E-state index is 12.7. The average Bonchev–Trinajstić information content (AvgIpc) is 2.92. The number of aldehydes is 1. The molecule has 0 aliphatic heterocycles. The lowest BCUT2D eigenvalue weighted by atomic mass is 10.1. The number of carbonyl (C=O) groups is 1. The van der Waals surface area contributed by atoms with Crippen molar-refractivity contribution in [2.45, 2.75) is 32.5 Å². The van der Waals surface area contributed by atoms with Crippen molar-refractivity contribution < 1.29 is 18.0 Å². The third kappa shape index (κ3) is 3.12. The van der Waals surface area contributed by atoms with E-state index in [2.05, 4.69) is 15.1 Å². The number of rotatable bonds is 4. The topological polar surface area (TPSA) is 80.6 Å². The highest BCUT2D eigenvalue weighted by Gasteiger charge is 2.30. The van der Waals surface area contributed by atoms with E-state index >= 15 is 0 Å². The molecule has 1 N–H and O–H groups in total. The summed E-state index contributed by atoms with van der Waals surface area (Å²) in [6.45, 7) is 3.35. The largest absolute Gasteiger partial charge is 0.416 e. The van der Waals surface area contributed by atoms with Crippen LogP contribution in [0.25, 0.3) is 11.0 Å². The second-order valence-corrected chi connectivity index (χ2v) is 5.91. The molecule has 3 aromatic rings. The molecule has 6 nitrogen and oxygen atoms in total. The summed E-state index contributed by atoms with van der Waals surface area (Å²) in [4.78, 5) is 30.0. The molecule has 0 spiro atoms. The molecule has 0 radical (unpaired) electrons. The van der Waals surface area contributed by atoms with Crippen LogP contribution in [0.15, 0.2) is 29.1 Å². The fourth-order valence-electron chi connectivity index (χ4n) is 2.81. The minimum absolute atomic E-state index is 0.0585. The lowest BCUT2D eigenvalue weighted by molar-refractivity contribution is -0.137. The molecule has 1 unspecified atom stereocenters. The number of halogens is 3. The zero-order valence-corrected chi connectivity index (χ0v) is 14.0. The molecule has 2 heterocycles. The third-order valence-corrected chi connectivity index (χ3v) is 4.12. The Morgan fingerprint density at radius 3 is 2.50 bits per heavy atom. The van der Waals surface area contributed by atoms with Crippen molar-refractivity contribution in [2.24, 2.45) is 0 Å². The van der Waals surface area contributed by atoms with Crippen molar-refractivity contribution in [3.63, 3.8) is 0 Å². The molecule has 1 atom stereocenters. The summed E-state index contributed by atoms with van der Waals surface area (Å²) in [7, 11) is 0. The summed E-state index contributed by atoms with van der Waals surface area (Å²) in [5, 5.41) is 4.52. The quantitative estimate of drug-likeness (QED) is 0.722. The number of nitrogens with one attached hydrogen (secondary N) is 1. The molecule has 1 aromatic carbocycles. The van der Waals surface area contributed by atoms with Gasteiger partial charge in [0.05, 0.1) is 17.3 Å². The molecule has 2 aromatic heterocycles. The highest BCUT2D eigenvalue weighted by atomic mass is 19.4. The fraction of sp³-hybridized carbons (Fsp3) is 0.294. The number of nitrogens with zero attached hydrogens (tertiary/aromatic N) is 3. The summed E-state index contributed by atoms with van der Waals surface area (Å²) in [6, 6.07) is 4.24. The summed E-state index contributed by atoms with van der Waals surface area (Å²) < 4.78 is 39.6. The first-order valence-electron chi connectivity index (χ1n) is 7.81. The van der Waals surface area contributed by atoms with E-state index in [9.17, 15) is 22.8 Å². The van der Waals surface area contributed by atoms with Crippen LogP contribution in [-0.2, 0) is 17.4 Å². The minimum Gasteiger partial charge on any atom is -0.310 e. The van der Waals surface area contributed by atoms with Crippen LogP contribution in [0, 0.1) is 6.92 Å². The standard InChI is InChI=1S/C17H15F3N4O2/c1-9(11-3-5-12(6-4-11)17(18,19)20)24-15-14(13(23-24)7-8-25)16(26)22-10(2)21-15/h3-6,8-9H,7H2,1-2H3,(H,21,22,26). The van der Waals surface area contributed by atoms with Gasteiger partial charge >= 0.3 is 6.18 Å². The molecule has 26 heavy (non-hydrogen) atoms. The number of hydrogen-bond donors (Lipinski definition) is 1. The molecular weight excluding hydrogens is 349 g/mol. The van der Waals surface area contributed by atoms with Gasteiger partial charge in [0.15, 0.2) is 5.65 Å². The van der Waals surface area contributed by atoms with Crippen LogP contribution >= 0.6 is 0 Å². The summed E-state index contributed by atoms with van der Waals surface area (Å²) in [6.07, 6.45) is -3.84. The maximum Gasteiger partial charge on any atom is 0.416 e. The van der Waals surface area contributed by atoms with Gasteiger partial charge < -0.3 is 9.78 Å². The first-order chi connectivity index (χ1) is 12.2. The van der Waals surface area contributed by atoms with Crippen LogP contribution in [0.3, 0.4) is 0 Å². The molecule has 0 amide bonds. The van der Waals surface area contributed by atoms with E-state index in [1.54, 1.807) is 13.8 Å². The first kappa shape index (κ1) is 17.8. The fourth-order valence-corrected chi connectivity index (χ4v) is 2.81. The number of hydrogen-bond acceptors (Lipinski definition) is 4. The molecule has 0 fully saturated rings. The zero-order chi connectivity index (χ0) is 19.1. The Kier molecular flexibility index (Phi) is 4.39. The molecule has 0 saturated carbocycles. The predicted octanol–water partition coefficient (Wildman–Crippen LogP) is 2.80. The number of alkyl halides is 3. The van der Waals surface area contributed by atoms with E-state index in [1.165, 1.54) is 16.8 Å². The molecule has 136 valence electrons. The van der Waals surface area contributed by atoms with Gasteiger partial charge in [-0.2, -0.15) is 18.3 Å². The molecule has 9 heteroatoms. The highest BCUT2D eigenvalue weighted by molar-refractivity contribution is 5.80. The number of carbonyl (C=O) groups excluding carboxylic acids is 1. The molecule has 3 rings (SSSR count). The van der Waals surface area contributed by atoms with Crippen molar-refractivity contribution in [2.75, 3.05) is 0 Å². The van der Waals surface area contributed by atoms with Gasteiger partial charge in [0.25, 0.3) is 5.56 Å². The lowest BCUT2D eigenvalue weighted by Gasteiger charge is -2.15. The van der Waals surface area contributed by atoms with Crippen molar-refractivity contribution in [1.82, 2.24) is 19.7 Å². The van der Waals surface area contributed by atoms with Gasteiger partial charge in [0, 0.05) is 6.42 Å². The number of fused-ring (bicyclic) bond motifs is 1. The molecule has 0 aliphatic carbocycles. The number of H-pyrrole nitrogens is 1. The van der Waals surface area contributed by atoms with Crippen molar-refractivity contribution in [3.05, 3.63) is 57.3 Å². The van der Waals surface area contributed by atoms with Gasteiger partial charge in [-0.25, -0.2) is 9.67 Å². The Labute approximate surface area is 145 Å². The number of aromatic amines is 1. The Morgan fingerprint density at radius 1 is 1.27 bits per heavy atom. The van der Waals surface area contributed by atoms with Crippen molar-refractivity contribution in [1.29, 1.82) is 0 Å². The highest BCUT2D eigenvalue weighted by Crippen LogP contribution is 2.31. The second kappa shape index (κ2) is 6.40. The Balaban J connectivity index is 2.12. The van der Waals surface area contributed by atoms with Gasteiger partial charge in [-0.05, 0) is 31.5 Å². The zero-order valence-electron chi connectivity index (χ0n) is 14.0. The second-order valence-electron chi connectivity index (χ2n) is 5.91. The van der Waals surface area contributed by atoms with Gasteiger partial charge in [-0.15, -0.1) is 0 Å². The molecular formula is C17H15F3N4O2. The van der Waals surface area contributed by atoms with Crippen molar-refractivity contribution in [3.8, 4) is 0 Å². The Bertz CT molecular complexity index is 1020. The maximum atomic E-state index is 12.7. The van der Waals surface area contributed by atoms with Gasteiger partial charge in [0.2, 0.25) is 0 Å². The Morgan fingerprint density at radius 2 is 1.92 bits per heavy atom. The van der Waals surface area contributed by atoms with E-state index in [1.807, 2.05) is 0 Å². The Hall–Kier alpha value is -2.97. The SMILES string of the molecule is Cc1nc2c(c(CC=O)nn2C(C)c2ccc(C(F)(F)F)cc2)c(=O)[nH]1. The van der Waals surface area contributed by atoms with Crippen molar-refractivity contribution >= 4 is 17.3 Å². The third-order valence-electron chi connectivity index (χ3n) is 4.12. The van der Waals surface area contributed by atoms with E-state index in [-0.39, 0.29) is 23.1 Å². The van der Waals surface area contributed by atoms with Crippen LogP contribution in [0.4, 0.5) is 13.2 Å². The van der Waals surface area contributed by atoms with E-state index in [0.29, 0.717) is 17.7 Å². The van der Waals surface area contributed by atoms with E-state index < -0.39 is 23.3 Å². The van der Waals surface area contributed by atoms with Crippen LogP contribution in [0.1, 0.15) is 35.6 Å². The summed E-state index contributed by atoms with van der Waals surface area (Å²) >= 11 is 0. The van der Waals surface area contributed by atoms with Gasteiger partial charge in [0.1, 0.15) is 17.5 Å². The van der Waals surface area contributed by atoms with Gasteiger partial charge in [-0.1, -0.05) is 12.1 Å². The molecule has 0 aliphatic rings. The van der Waals surface area contributed by atoms with Crippen LogP contribution in [0.5, 0.6) is 0 Å².